The Hall–Kier alpha value is -3.61. The minimum Gasteiger partial charge on any atom is -0.493 e. The van der Waals surface area contributed by atoms with Crippen LogP contribution in [0.3, 0.4) is 0 Å². The summed E-state index contributed by atoms with van der Waals surface area (Å²) in [6.45, 7) is 2.47. The molecule has 3 aromatic rings. The van der Waals surface area contributed by atoms with Gasteiger partial charge in [0.1, 0.15) is 0 Å². The second-order valence-electron chi connectivity index (χ2n) is 7.74. The van der Waals surface area contributed by atoms with E-state index in [-0.39, 0.29) is 12.6 Å². The Morgan fingerprint density at radius 1 is 1.06 bits per heavy atom. The number of alkyl halides is 1. The molecule has 0 bridgehead atoms. The van der Waals surface area contributed by atoms with Crippen LogP contribution in [0.5, 0.6) is 11.5 Å². The van der Waals surface area contributed by atoms with Gasteiger partial charge >= 0.3 is 11.9 Å². The van der Waals surface area contributed by atoms with Gasteiger partial charge in [0, 0.05) is 29.7 Å². The predicted octanol–water partition coefficient (Wildman–Crippen LogP) is 5.67. The highest BCUT2D eigenvalue weighted by atomic mass is 19.1. The number of carbonyl (C=O) groups is 2. The summed E-state index contributed by atoms with van der Waals surface area (Å²) in [5.74, 6) is -0.135. The smallest absolute Gasteiger partial charge is 0.345 e. The van der Waals surface area contributed by atoms with Crippen LogP contribution in [0.25, 0.3) is 10.9 Å². The van der Waals surface area contributed by atoms with E-state index < -0.39 is 5.97 Å². The normalized spacial score (nSPS) is 11.1. The van der Waals surface area contributed by atoms with Crippen molar-refractivity contribution in [2.24, 2.45) is 0 Å². The Balaban J connectivity index is 1.75. The minimum atomic E-state index is -0.480. The van der Waals surface area contributed by atoms with Crippen LogP contribution in [0, 0.1) is 0 Å². The number of unbranched alkanes of at least 4 members (excludes halogenated alkanes) is 2. The lowest BCUT2D eigenvalue weighted by Crippen LogP contribution is -2.09. The second-order valence-corrected chi connectivity index (χ2v) is 7.74. The van der Waals surface area contributed by atoms with E-state index in [4.69, 9.17) is 14.2 Å². The molecule has 0 saturated heterocycles. The van der Waals surface area contributed by atoms with Crippen molar-refractivity contribution in [3.63, 3.8) is 0 Å². The summed E-state index contributed by atoms with van der Waals surface area (Å²) in [5.41, 5.74) is 2.29. The van der Waals surface area contributed by atoms with Gasteiger partial charge in [-0.3, -0.25) is 4.39 Å². The van der Waals surface area contributed by atoms with Crippen LogP contribution in [-0.2, 0) is 22.5 Å². The van der Waals surface area contributed by atoms with Gasteiger partial charge in [-0.05, 0) is 56.4 Å². The number of ether oxygens (including phenoxy) is 3. The van der Waals surface area contributed by atoms with Gasteiger partial charge in [0.05, 0.1) is 26.0 Å². The molecule has 0 aliphatic rings. The molecular weight excluding hydrogens is 437 g/mol. The third kappa shape index (κ3) is 6.47. The van der Waals surface area contributed by atoms with Gasteiger partial charge in [0.25, 0.3) is 0 Å². The van der Waals surface area contributed by atoms with Crippen molar-refractivity contribution in [1.29, 1.82) is 0 Å². The highest BCUT2D eigenvalue weighted by molar-refractivity contribution is 6.05. The van der Waals surface area contributed by atoms with E-state index in [0.29, 0.717) is 43.1 Å². The fraction of sp³-hybridized carbons (Fsp3) is 0.333. The SMILES string of the molecule is CCOC(=O)/C=C/Cc1ccc(OC(=O)c2cn(CCCCCF)c3ccccc23)c(OC)c1. The zero-order chi connectivity index (χ0) is 24.3. The number of benzene rings is 2. The topological polar surface area (TPSA) is 66.8 Å². The molecule has 34 heavy (non-hydrogen) atoms. The summed E-state index contributed by atoms with van der Waals surface area (Å²) in [7, 11) is 1.51. The Kier molecular flexibility index (Phi) is 9.26. The zero-order valence-electron chi connectivity index (χ0n) is 19.6. The first-order valence-corrected chi connectivity index (χ1v) is 11.4. The molecule has 1 heterocycles. The summed E-state index contributed by atoms with van der Waals surface area (Å²) < 4.78 is 30.4. The number of hydrogen-bond donors (Lipinski definition) is 0. The van der Waals surface area contributed by atoms with Crippen molar-refractivity contribution in [2.75, 3.05) is 20.4 Å². The molecule has 0 saturated carbocycles. The standard InChI is InChI=1S/C27H30FNO5/c1-3-33-26(30)13-9-10-20-14-15-24(25(18-20)32-2)34-27(31)22-19-29(17-8-4-7-16-28)23-12-6-5-11-21(22)23/h5-6,9,11-15,18-19H,3-4,7-8,10,16-17H2,1-2H3/b13-9+. The maximum atomic E-state index is 13.1. The number of hydrogen-bond acceptors (Lipinski definition) is 5. The van der Waals surface area contributed by atoms with Gasteiger partial charge in [-0.2, -0.15) is 0 Å². The van der Waals surface area contributed by atoms with Crippen LogP contribution in [-0.4, -0.2) is 36.9 Å². The Morgan fingerprint density at radius 2 is 1.88 bits per heavy atom. The van der Waals surface area contributed by atoms with E-state index in [2.05, 4.69) is 0 Å². The molecule has 0 fully saturated rings. The Morgan fingerprint density at radius 3 is 2.65 bits per heavy atom. The maximum Gasteiger partial charge on any atom is 0.345 e. The van der Waals surface area contributed by atoms with Crippen molar-refractivity contribution in [3.05, 3.63) is 71.9 Å². The number of aryl methyl sites for hydroxylation is 1. The van der Waals surface area contributed by atoms with E-state index in [1.54, 1.807) is 31.3 Å². The fourth-order valence-electron chi connectivity index (χ4n) is 3.71. The molecule has 0 spiro atoms. The molecule has 0 unspecified atom stereocenters. The number of esters is 2. The van der Waals surface area contributed by atoms with E-state index in [0.717, 1.165) is 29.3 Å². The molecule has 3 rings (SSSR count). The second kappa shape index (κ2) is 12.6. The molecule has 0 amide bonds. The number of halogens is 1. The molecule has 6 nitrogen and oxygen atoms in total. The number of rotatable bonds is 12. The lowest BCUT2D eigenvalue weighted by molar-refractivity contribution is -0.137. The number of para-hydroxylation sites is 1. The summed E-state index contributed by atoms with van der Waals surface area (Å²) in [6, 6.07) is 12.9. The van der Waals surface area contributed by atoms with Crippen molar-refractivity contribution in [3.8, 4) is 11.5 Å². The summed E-state index contributed by atoms with van der Waals surface area (Å²) in [5, 5.41) is 0.803. The van der Waals surface area contributed by atoms with Gasteiger partial charge in [0.15, 0.2) is 11.5 Å². The van der Waals surface area contributed by atoms with Crippen molar-refractivity contribution in [2.45, 2.75) is 39.2 Å². The van der Waals surface area contributed by atoms with E-state index in [9.17, 15) is 14.0 Å². The van der Waals surface area contributed by atoms with Crippen molar-refractivity contribution < 1.29 is 28.2 Å². The molecule has 180 valence electrons. The average molecular weight is 468 g/mol. The van der Waals surface area contributed by atoms with Crippen LogP contribution in [0.15, 0.2) is 60.8 Å². The van der Waals surface area contributed by atoms with Gasteiger partial charge in [-0.25, -0.2) is 9.59 Å². The monoisotopic (exact) mass is 467 g/mol. The quantitative estimate of drug-likeness (QED) is 0.149. The molecular formula is C27H30FNO5. The number of methoxy groups -OCH3 is 1. The molecule has 1 aromatic heterocycles. The number of allylic oxidation sites excluding steroid dienone is 1. The highest BCUT2D eigenvalue weighted by Crippen LogP contribution is 2.30. The molecule has 0 atom stereocenters. The number of carbonyl (C=O) groups excluding carboxylic acids is 2. The predicted molar refractivity (Wildman–Crippen MR) is 129 cm³/mol. The third-order valence-corrected chi connectivity index (χ3v) is 5.37. The van der Waals surface area contributed by atoms with E-state index in [1.165, 1.54) is 13.2 Å². The highest BCUT2D eigenvalue weighted by Gasteiger charge is 2.18. The zero-order valence-corrected chi connectivity index (χ0v) is 19.6. The van der Waals surface area contributed by atoms with Crippen LogP contribution in [0.1, 0.15) is 42.1 Å². The van der Waals surface area contributed by atoms with E-state index >= 15 is 0 Å². The summed E-state index contributed by atoms with van der Waals surface area (Å²) in [4.78, 5) is 24.5. The first kappa shape index (κ1) is 25.0. The van der Waals surface area contributed by atoms with Crippen molar-refractivity contribution in [1.82, 2.24) is 4.57 Å². The van der Waals surface area contributed by atoms with Crippen LogP contribution in [0.2, 0.25) is 0 Å². The summed E-state index contributed by atoms with van der Waals surface area (Å²) >= 11 is 0. The van der Waals surface area contributed by atoms with Gasteiger partial charge < -0.3 is 18.8 Å². The average Bonchev–Trinajstić information content (AvgIpc) is 3.21. The van der Waals surface area contributed by atoms with E-state index in [1.807, 2.05) is 34.9 Å². The molecule has 0 aliphatic heterocycles. The molecule has 0 radical (unpaired) electrons. The molecule has 7 heteroatoms. The third-order valence-electron chi connectivity index (χ3n) is 5.37. The van der Waals surface area contributed by atoms with Crippen LogP contribution in [0.4, 0.5) is 4.39 Å². The minimum absolute atomic E-state index is 0.311. The molecule has 2 aromatic carbocycles. The van der Waals surface area contributed by atoms with Gasteiger partial charge in [-0.1, -0.05) is 30.3 Å². The number of fused-ring (bicyclic) bond motifs is 1. The largest absolute Gasteiger partial charge is 0.493 e. The first-order chi connectivity index (χ1) is 16.6. The Labute approximate surface area is 198 Å². The lowest BCUT2D eigenvalue weighted by atomic mass is 10.1. The first-order valence-electron chi connectivity index (χ1n) is 11.4. The lowest BCUT2D eigenvalue weighted by Gasteiger charge is -2.10. The van der Waals surface area contributed by atoms with Crippen molar-refractivity contribution >= 4 is 22.8 Å². The Bertz CT molecular complexity index is 1150. The fourth-order valence-corrected chi connectivity index (χ4v) is 3.71. The van der Waals surface area contributed by atoms with Crippen LogP contribution < -0.4 is 9.47 Å². The number of nitrogens with zero attached hydrogens (tertiary/aromatic N) is 1. The molecule has 0 aliphatic carbocycles. The van der Waals surface area contributed by atoms with Gasteiger partial charge in [-0.15, -0.1) is 0 Å². The van der Waals surface area contributed by atoms with Crippen LogP contribution >= 0.6 is 0 Å². The maximum absolute atomic E-state index is 13.1. The number of aromatic nitrogens is 1. The van der Waals surface area contributed by atoms with Gasteiger partial charge in [0.2, 0.25) is 0 Å². The molecule has 0 N–H and O–H groups in total. The summed E-state index contributed by atoms with van der Waals surface area (Å²) in [6.07, 6.45) is 7.56.